The van der Waals surface area contributed by atoms with Crippen molar-refractivity contribution >= 4 is 0 Å². The summed E-state index contributed by atoms with van der Waals surface area (Å²) in [5, 5.41) is 0. The first-order chi connectivity index (χ1) is 8.35. The highest BCUT2D eigenvalue weighted by Gasteiger charge is 2.34. The van der Waals surface area contributed by atoms with Crippen LogP contribution >= 0.6 is 0 Å². The van der Waals surface area contributed by atoms with Crippen LogP contribution in [0.15, 0.2) is 24.4 Å². The summed E-state index contributed by atoms with van der Waals surface area (Å²) in [6, 6.07) is 4.26. The Hall–Kier alpha value is -1.14. The summed E-state index contributed by atoms with van der Waals surface area (Å²) in [5.74, 6) is 0. The minimum atomic E-state index is -4.24. The molecule has 0 aromatic carbocycles. The fraction of sp³-hybridized carbons (Fsp3) is 0.583. The molecule has 2 atom stereocenters. The van der Waals surface area contributed by atoms with Crippen molar-refractivity contribution in [2.24, 2.45) is 5.73 Å². The van der Waals surface area contributed by atoms with Gasteiger partial charge in [0, 0.05) is 12.2 Å². The van der Waals surface area contributed by atoms with Crippen LogP contribution in [0.4, 0.5) is 13.2 Å². The number of aromatic nitrogens is 1. The second-order valence-corrected chi connectivity index (χ2v) is 4.30. The molecule has 0 aliphatic rings. The lowest BCUT2D eigenvalue weighted by Crippen LogP contribution is -2.43. The molecule has 0 spiro atoms. The topological polar surface area (TPSA) is 42.1 Å². The number of nitrogens with zero attached hydrogens (tertiary/aromatic N) is 2. The predicted molar refractivity (Wildman–Crippen MR) is 63.9 cm³/mol. The fourth-order valence-corrected chi connectivity index (χ4v) is 1.93. The lowest BCUT2D eigenvalue weighted by atomic mass is 10.0. The second kappa shape index (κ2) is 6.15. The molecule has 6 heteroatoms. The molecule has 1 aromatic rings. The summed E-state index contributed by atoms with van der Waals surface area (Å²) in [6.45, 7) is 0.851. The number of hydrogen-bond donors (Lipinski definition) is 1. The molecule has 1 aromatic heterocycles. The molecule has 0 saturated heterocycles. The van der Waals surface area contributed by atoms with Crippen molar-refractivity contribution in [3.05, 3.63) is 30.1 Å². The van der Waals surface area contributed by atoms with Crippen molar-refractivity contribution in [2.75, 3.05) is 13.6 Å². The Balaban J connectivity index is 2.92. The molecule has 3 nitrogen and oxygen atoms in total. The maximum atomic E-state index is 12.4. The van der Waals surface area contributed by atoms with E-state index in [4.69, 9.17) is 5.73 Å². The van der Waals surface area contributed by atoms with E-state index < -0.39 is 18.8 Å². The highest BCUT2D eigenvalue weighted by molar-refractivity contribution is 5.11. The van der Waals surface area contributed by atoms with Gasteiger partial charge in [0.1, 0.15) is 0 Å². The number of hydrogen-bond acceptors (Lipinski definition) is 3. The monoisotopic (exact) mass is 261 g/mol. The van der Waals surface area contributed by atoms with Gasteiger partial charge >= 0.3 is 6.18 Å². The number of nitrogens with two attached hydrogens (primary N) is 1. The van der Waals surface area contributed by atoms with Gasteiger partial charge in [-0.15, -0.1) is 0 Å². The van der Waals surface area contributed by atoms with Crippen LogP contribution in [0, 0.1) is 0 Å². The second-order valence-electron chi connectivity index (χ2n) is 4.30. The zero-order valence-corrected chi connectivity index (χ0v) is 10.5. The van der Waals surface area contributed by atoms with Gasteiger partial charge in [-0.3, -0.25) is 9.88 Å². The van der Waals surface area contributed by atoms with Crippen molar-refractivity contribution in [3.63, 3.8) is 0 Å². The Kier molecular flexibility index (Phi) is 5.10. The summed E-state index contributed by atoms with van der Waals surface area (Å²) >= 11 is 0. The quantitative estimate of drug-likeness (QED) is 0.884. The highest BCUT2D eigenvalue weighted by atomic mass is 19.4. The molecule has 0 fully saturated rings. The smallest absolute Gasteiger partial charge is 0.326 e. The minimum absolute atomic E-state index is 0.382. The third-order valence-corrected chi connectivity index (χ3v) is 2.77. The van der Waals surface area contributed by atoms with Crippen molar-refractivity contribution in [1.82, 2.24) is 9.88 Å². The maximum Gasteiger partial charge on any atom is 0.401 e. The van der Waals surface area contributed by atoms with Gasteiger partial charge in [-0.05, 0) is 25.6 Å². The summed E-state index contributed by atoms with van der Waals surface area (Å²) in [7, 11) is 1.42. The van der Waals surface area contributed by atoms with Crippen LogP contribution in [-0.4, -0.2) is 35.7 Å². The van der Waals surface area contributed by atoms with E-state index in [0.29, 0.717) is 12.1 Å². The maximum absolute atomic E-state index is 12.4. The molecule has 18 heavy (non-hydrogen) atoms. The molecule has 0 radical (unpaired) electrons. The molecule has 1 rings (SSSR count). The van der Waals surface area contributed by atoms with Crippen LogP contribution in [0.3, 0.4) is 0 Å². The Morgan fingerprint density at radius 1 is 1.39 bits per heavy atom. The third kappa shape index (κ3) is 4.27. The number of pyridine rings is 1. The molecule has 0 saturated carbocycles. The van der Waals surface area contributed by atoms with Gasteiger partial charge < -0.3 is 5.73 Å². The summed E-state index contributed by atoms with van der Waals surface area (Å²) in [4.78, 5) is 5.32. The van der Waals surface area contributed by atoms with Gasteiger partial charge in [-0.1, -0.05) is 13.0 Å². The van der Waals surface area contributed by atoms with Gasteiger partial charge in [-0.2, -0.15) is 13.2 Å². The van der Waals surface area contributed by atoms with Gasteiger partial charge in [-0.25, -0.2) is 0 Å². The van der Waals surface area contributed by atoms with E-state index in [1.54, 1.807) is 24.4 Å². The van der Waals surface area contributed by atoms with Crippen LogP contribution in [-0.2, 0) is 0 Å². The van der Waals surface area contributed by atoms with Crippen LogP contribution in [0.1, 0.15) is 25.1 Å². The SMILES string of the molecule is CCC(N)C(c1ccccn1)N(C)CC(F)(F)F. The van der Waals surface area contributed by atoms with E-state index in [-0.39, 0.29) is 6.04 Å². The molecule has 2 unspecified atom stereocenters. The first kappa shape index (κ1) is 14.9. The highest BCUT2D eigenvalue weighted by Crippen LogP contribution is 2.26. The molecule has 2 N–H and O–H groups in total. The third-order valence-electron chi connectivity index (χ3n) is 2.77. The van der Waals surface area contributed by atoms with Gasteiger partial charge in [0.05, 0.1) is 18.3 Å². The number of halogens is 3. The minimum Gasteiger partial charge on any atom is -0.326 e. The van der Waals surface area contributed by atoms with Crippen LogP contribution in [0.2, 0.25) is 0 Å². The van der Waals surface area contributed by atoms with Gasteiger partial charge in [0.2, 0.25) is 0 Å². The summed E-state index contributed by atoms with van der Waals surface area (Å²) in [5.41, 5.74) is 6.49. The van der Waals surface area contributed by atoms with E-state index in [9.17, 15) is 13.2 Å². The Morgan fingerprint density at radius 3 is 2.50 bits per heavy atom. The lowest BCUT2D eigenvalue weighted by Gasteiger charge is -2.32. The van der Waals surface area contributed by atoms with Gasteiger partial charge in [0.15, 0.2) is 0 Å². The molecule has 0 bridgehead atoms. The zero-order valence-electron chi connectivity index (χ0n) is 10.5. The first-order valence-electron chi connectivity index (χ1n) is 5.78. The van der Waals surface area contributed by atoms with E-state index in [1.165, 1.54) is 11.9 Å². The number of rotatable bonds is 5. The predicted octanol–water partition coefficient (Wildman–Crippen LogP) is 2.35. The average Bonchev–Trinajstić information content (AvgIpc) is 2.28. The Labute approximate surface area is 105 Å². The van der Waals surface area contributed by atoms with Crippen LogP contribution in [0.5, 0.6) is 0 Å². The summed E-state index contributed by atoms with van der Waals surface area (Å²) in [6.07, 6.45) is -2.09. The molecule has 1 heterocycles. The van der Waals surface area contributed by atoms with E-state index >= 15 is 0 Å². The molecule has 102 valence electrons. The van der Waals surface area contributed by atoms with Crippen LogP contribution < -0.4 is 5.73 Å². The van der Waals surface area contributed by atoms with E-state index in [1.807, 2.05) is 6.92 Å². The normalized spacial score (nSPS) is 15.7. The van der Waals surface area contributed by atoms with Gasteiger partial charge in [0.25, 0.3) is 0 Å². The van der Waals surface area contributed by atoms with Crippen molar-refractivity contribution in [2.45, 2.75) is 31.6 Å². The number of likely N-dealkylation sites (N-methyl/N-ethyl adjacent to an activating group) is 1. The van der Waals surface area contributed by atoms with Crippen molar-refractivity contribution in [1.29, 1.82) is 0 Å². The molecule has 0 aliphatic heterocycles. The van der Waals surface area contributed by atoms with E-state index in [2.05, 4.69) is 4.98 Å². The fourth-order valence-electron chi connectivity index (χ4n) is 1.93. The zero-order chi connectivity index (χ0) is 13.8. The standard InChI is InChI=1S/C12H18F3N3/c1-3-9(16)11(10-6-4-5-7-17-10)18(2)8-12(13,14)15/h4-7,9,11H,3,8,16H2,1-2H3. The summed E-state index contributed by atoms with van der Waals surface area (Å²) < 4.78 is 37.3. The molecular weight excluding hydrogens is 243 g/mol. The van der Waals surface area contributed by atoms with Crippen LogP contribution in [0.25, 0.3) is 0 Å². The Morgan fingerprint density at radius 2 is 2.06 bits per heavy atom. The van der Waals surface area contributed by atoms with Crippen molar-refractivity contribution in [3.8, 4) is 0 Å². The molecule has 0 amide bonds. The largest absolute Gasteiger partial charge is 0.401 e. The first-order valence-corrected chi connectivity index (χ1v) is 5.78. The number of alkyl halides is 3. The van der Waals surface area contributed by atoms with Crippen molar-refractivity contribution < 1.29 is 13.2 Å². The lowest BCUT2D eigenvalue weighted by molar-refractivity contribution is -0.148. The molecular formula is C12H18F3N3. The molecule has 0 aliphatic carbocycles. The average molecular weight is 261 g/mol. The van der Waals surface area contributed by atoms with E-state index in [0.717, 1.165) is 0 Å². The Bertz CT molecular complexity index is 353.